The first-order valence-corrected chi connectivity index (χ1v) is 12.3. The fourth-order valence-electron chi connectivity index (χ4n) is 4.08. The minimum atomic E-state index is -0.144. The molecule has 0 saturated carbocycles. The summed E-state index contributed by atoms with van der Waals surface area (Å²) in [5.41, 5.74) is 5.66. The number of morpholine rings is 1. The Morgan fingerprint density at radius 3 is 2.71 bits per heavy atom. The summed E-state index contributed by atoms with van der Waals surface area (Å²) < 4.78 is 11.9. The van der Waals surface area contributed by atoms with Crippen LogP contribution in [0.2, 0.25) is 0 Å². The predicted molar refractivity (Wildman–Crippen MR) is 140 cm³/mol. The van der Waals surface area contributed by atoms with E-state index in [0.29, 0.717) is 17.4 Å². The van der Waals surface area contributed by atoms with Gasteiger partial charge in [-0.3, -0.25) is 9.69 Å². The Morgan fingerprint density at radius 2 is 1.97 bits per heavy atom. The summed E-state index contributed by atoms with van der Waals surface area (Å²) in [5.74, 6) is 0.996. The number of nitrogens with zero attached hydrogens (tertiary/aromatic N) is 3. The summed E-state index contributed by atoms with van der Waals surface area (Å²) in [4.78, 5) is 23.2. The smallest absolute Gasteiger partial charge is 0.227 e. The molecule has 0 spiro atoms. The Bertz CT molecular complexity index is 1330. The lowest BCUT2D eigenvalue weighted by Gasteiger charge is -2.26. The van der Waals surface area contributed by atoms with Crippen LogP contribution in [0.1, 0.15) is 12.5 Å². The molecular weight excluding hydrogens is 462 g/mol. The summed E-state index contributed by atoms with van der Waals surface area (Å²) in [5, 5.41) is 8.18. The van der Waals surface area contributed by atoms with Crippen molar-refractivity contribution < 1.29 is 14.3 Å². The zero-order valence-corrected chi connectivity index (χ0v) is 20.5. The third-order valence-corrected chi connectivity index (χ3v) is 6.76. The molecule has 2 N–H and O–H groups in total. The van der Waals surface area contributed by atoms with Gasteiger partial charge in [-0.15, -0.1) is 11.3 Å². The average molecular weight is 490 g/mol. The van der Waals surface area contributed by atoms with Gasteiger partial charge in [0.15, 0.2) is 0 Å². The molecule has 0 bridgehead atoms. The van der Waals surface area contributed by atoms with Crippen LogP contribution < -0.4 is 15.4 Å². The summed E-state index contributed by atoms with van der Waals surface area (Å²) in [6.45, 7) is 5.95. The standard InChI is InChI=1S/C26H27N5O3S/c1-17(32)28-22-8-5-19(13-23(22)33-2)21-16-35-24-14-27-26(30-25(21)24)29-20-6-3-18(4-7-20)15-31-9-11-34-12-10-31/h3-8,13-14,16H,9-12,15H2,1-2H3,(H,28,32)(H,27,29,30). The molecule has 35 heavy (non-hydrogen) atoms. The number of aromatic nitrogens is 2. The number of methoxy groups -OCH3 is 1. The first kappa shape index (κ1) is 23.2. The van der Waals surface area contributed by atoms with E-state index in [9.17, 15) is 4.79 Å². The number of benzene rings is 2. The third kappa shape index (κ3) is 5.43. The van der Waals surface area contributed by atoms with Crippen LogP contribution in [-0.2, 0) is 16.1 Å². The molecule has 180 valence electrons. The number of anilines is 3. The minimum absolute atomic E-state index is 0.144. The molecule has 2 aromatic heterocycles. The van der Waals surface area contributed by atoms with Gasteiger partial charge in [0.25, 0.3) is 0 Å². The van der Waals surface area contributed by atoms with E-state index in [0.717, 1.165) is 59.9 Å². The van der Waals surface area contributed by atoms with E-state index in [1.54, 1.807) is 18.4 Å². The molecule has 3 heterocycles. The summed E-state index contributed by atoms with van der Waals surface area (Å²) in [6, 6.07) is 14.1. The number of thiophene rings is 1. The number of fused-ring (bicyclic) bond motifs is 1. The quantitative estimate of drug-likeness (QED) is 0.382. The number of hydrogen-bond acceptors (Lipinski definition) is 8. The maximum Gasteiger partial charge on any atom is 0.227 e. The summed E-state index contributed by atoms with van der Waals surface area (Å²) in [7, 11) is 1.59. The molecule has 5 rings (SSSR count). The second kappa shape index (κ2) is 10.4. The van der Waals surface area contributed by atoms with Gasteiger partial charge in [-0.25, -0.2) is 9.97 Å². The number of nitrogens with one attached hydrogen (secondary N) is 2. The van der Waals surface area contributed by atoms with Crippen molar-refractivity contribution in [2.75, 3.05) is 44.0 Å². The van der Waals surface area contributed by atoms with Crippen molar-refractivity contribution in [3.63, 3.8) is 0 Å². The van der Waals surface area contributed by atoms with Crippen molar-refractivity contribution in [3.8, 4) is 16.9 Å². The Hall–Kier alpha value is -3.53. The number of ether oxygens (including phenoxy) is 2. The highest BCUT2D eigenvalue weighted by molar-refractivity contribution is 7.17. The van der Waals surface area contributed by atoms with Crippen LogP contribution in [0.15, 0.2) is 54.0 Å². The van der Waals surface area contributed by atoms with Crippen LogP contribution in [0.3, 0.4) is 0 Å². The van der Waals surface area contributed by atoms with Crippen molar-refractivity contribution in [3.05, 3.63) is 59.6 Å². The Labute approximate surface area is 207 Å². The monoisotopic (exact) mass is 489 g/mol. The maximum atomic E-state index is 11.5. The lowest BCUT2D eigenvalue weighted by molar-refractivity contribution is -0.114. The van der Waals surface area contributed by atoms with Crippen molar-refractivity contribution >= 4 is 44.8 Å². The van der Waals surface area contributed by atoms with E-state index in [4.69, 9.17) is 14.5 Å². The van der Waals surface area contributed by atoms with Gasteiger partial charge < -0.3 is 20.1 Å². The van der Waals surface area contributed by atoms with E-state index >= 15 is 0 Å². The predicted octanol–water partition coefficient (Wildman–Crippen LogP) is 4.90. The Balaban J connectivity index is 1.35. The number of rotatable bonds is 7. The zero-order chi connectivity index (χ0) is 24.2. The van der Waals surface area contributed by atoms with Gasteiger partial charge in [-0.05, 0) is 35.4 Å². The molecule has 0 atom stereocenters. The van der Waals surface area contributed by atoms with Gasteiger partial charge in [0.2, 0.25) is 11.9 Å². The minimum Gasteiger partial charge on any atom is -0.495 e. The molecule has 2 aromatic carbocycles. The van der Waals surface area contributed by atoms with E-state index in [1.165, 1.54) is 12.5 Å². The van der Waals surface area contributed by atoms with Crippen molar-refractivity contribution in [1.82, 2.24) is 14.9 Å². The van der Waals surface area contributed by atoms with Gasteiger partial charge in [0, 0.05) is 43.2 Å². The zero-order valence-electron chi connectivity index (χ0n) is 19.7. The Morgan fingerprint density at radius 1 is 1.17 bits per heavy atom. The molecule has 1 amide bonds. The van der Waals surface area contributed by atoms with E-state index in [2.05, 4.69) is 50.2 Å². The fraction of sp³-hybridized carbons (Fsp3) is 0.269. The van der Waals surface area contributed by atoms with Gasteiger partial charge in [0.05, 0.1) is 42.4 Å². The first-order valence-electron chi connectivity index (χ1n) is 11.5. The highest BCUT2D eigenvalue weighted by Crippen LogP contribution is 2.37. The maximum absolute atomic E-state index is 11.5. The molecule has 8 nitrogen and oxygen atoms in total. The largest absolute Gasteiger partial charge is 0.495 e. The number of hydrogen-bond donors (Lipinski definition) is 2. The van der Waals surface area contributed by atoms with Gasteiger partial charge in [-0.1, -0.05) is 18.2 Å². The molecule has 9 heteroatoms. The van der Waals surface area contributed by atoms with E-state index < -0.39 is 0 Å². The molecule has 1 saturated heterocycles. The van der Waals surface area contributed by atoms with Crippen molar-refractivity contribution in [1.29, 1.82) is 0 Å². The van der Waals surface area contributed by atoms with E-state index in [1.807, 2.05) is 24.4 Å². The summed E-state index contributed by atoms with van der Waals surface area (Å²) in [6.07, 6.45) is 1.84. The van der Waals surface area contributed by atoms with Crippen LogP contribution in [-0.4, -0.2) is 54.2 Å². The molecule has 1 aliphatic rings. The van der Waals surface area contributed by atoms with E-state index in [-0.39, 0.29) is 5.91 Å². The number of carbonyl (C=O) groups is 1. The molecule has 0 radical (unpaired) electrons. The fourth-order valence-corrected chi connectivity index (χ4v) is 4.96. The Kier molecular flexibility index (Phi) is 6.89. The molecule has 0 aliphatic carbocycles. The molecule has 0 unspecified atom stereocenters. The molecular formula is C26H27N5O3S. The van der Waals surface area contributed by atoms with Crippen LogP contribution in [0, 0.1) is 0 Å². The topological polar surface area (TPSA) is 88.6 Å². The molecule has 4 aromatic rings. The summed E-state index contributed by atoms with van der Waals surface area (Å²) >= 11 is 1.59. The van der Waals surface area contributed by atoms with Crippen LogP contribution >= 0.6 is 11.3 Å². The first-order chi connectivity index (χ1) is 17.1. The van der Waals surface area contributed by atoms with Crippen molar-refractivity contribution in [2.45, 2.75) is 13.5 Å². The van der Waals surface area contributed by atoms with Gasteiger partial charge in [-0.2, -0.15) is 0 Å². The average Bonchev–Trinajstić information content (AvgIpc) is 3.29. The highest BCUT2D eigenvalue weighted by atomic mass is 32.1. The number of carbonyl (C=O) groups excluding carboxylic acids is 1. The molecule has 1 aliphatic heterocycles. The van der Waals surface area contributed by atoms with Gasteiger partial charge >= 0.3 is 0 Å². The normalized spacial score (nSPS) is 14.1. The lowest BCUT2D eigenvalue weighted by Crippen LogP contribution is -2.35. The van der Waals surface area contributed by atoms with Crippen molar-refractivity contribution in [2.24, 2.45) is 0 Å². The molecule has 1 fully saturated rings. The highest BCUT2D eigenvalue weighted by Gasteiger charge is 2.14. The third-order valence-electron chi connectivity index (χ3n) is 5.86. The van der Waals surface area contributed by atoms with Crippen LogP contribution in [0.4, 0.5) is 17.3 Å². The van der Waals surface area contributed by atoms with Crippen LogP contribution in [0.25, 0.3) is 21.3 Å². The van der Waals surface area contributed by atoms with Gasteiger partial charge in [0.1, 0.15) is 5.75 Å². The van der Waals surface area contributed by atoms with Crippen LogP contribution in [0.5, 0.6) is 5.75 Å². The number of amides is 1. The lowest BCUT2D eigenvalue weighted by atomic mass is 10.1. The SMILES string of the molecule is COc1cc(-c2csc3cnc(Nc4ccc(CN5CCOCC5)cc4)nc23)ccc1NC(C)=O. The second-order valence-electron chi connectivity index (χ2n) is 8.36. The second-order valence-corrected chi connectivity index (χ2v) is 9.27.